The number of para-hydroxylation sites is 1. The number of aromatic nitrogens is 2. The Hall–Kier alpha value is -2.17. The molecule has 106 valence electrons. The second-order valence-electron chi connectivity index (χ2n) is 4.48. The van der Waals surface area contributed by atoms with Gasteiger partial charge in [-0.25, -0.2) is 9.07 Å². The highest BCUT2D eigenvalue weighted by Gasteiger charge is 2.19. The van der Waals surface area contributed by atoms with Crippen molar-refractivity contribution in [1.29, 1.82) is 0 Å². The van der Waals surface area contributed by atoms with E-state index in [1.54, 1.807) is 30.0 Å². The van der Waals surface area contributed by atoms with Crippen LogP contribution in [0.5, 0.6) is 0 Å². The van der Waals surface area contributed by atoms with Crippen LogP contribution in [-0.4, -0.2) is 33.7 Å². The van der Waals surface area contributed by atoms with Crippen molar-refractivity contribution in [3.8, 4) is 5.69 Å². The fourth-order valence-electron chi connectivity index (χ4n) is 2.17. The maximum Gasteiger partial charge on any atom is 0.257 e. The third-order valence-corrected chi connectivity index (χ3v) is 3.37. The molecule has 2 rings (SSSR count). The Morgan fingerprint density at radius 3 is 2.55 bits per heavy atom. The summed E-state index contributed by atoms with van der Waals surface area (Å²) in [4.78, 5) is 14.1. The summed E-state index contributed by atoms with van der Waals surface area (Å²) in [6.45, 7) is 6.91. The molecule has 0 atom stereocenters. The minimum Gasteiger partial charge on any atom is -0.339 e. The molecule has 0 unspecified atom stereocenters. The predicted octanol–water partition coefficient (Wildman–Crippen LogP) is 2.80. The number of carbonyl (C=O) groups is 1. The number of amides is 1. The first-order valence-corrected chi connectivity index (χ1v) is 6.68. The molecule has 0 saturated carbocycles. The van der Waals surface area contributed by atoms with E-state index in [2.05, 4.69) is 5.10 Å². The second kappa shape index (κ2) is 5.86. The van der Waals surface area contributed by atoms with Gasteiger partial charge in [0.25, 0.3) is 5.91 Å². The van der Waals surface area contributed by atoms with Crippen LogP contribution in [0.2, 0.25) is 0 Å². The summed E-state index contributed by atoms with van der Waals surface area (Å²) >= 11 is 0. The van der Waals surface area contributed by atoms with Crippen LogP contribution < -0.4 is 0 Å². The minimum atomic E-state index is -0.361. The van der Waals surface area contributed by atoms with Gasteiger partial charge in [-0.15, -0.1) is 0 Å². The van der Waals surface area contributed by atoms with E-state index in [1.165, 1.54) is 16.9 Å². The molecular formula is C15H18FN3O. The molecule has 1 heterocycles. The molecule has 20 heavy (non-hydrogen) atoms. The molecule has 4 nitrogen and oxygen atoms in total. The van der Waals surface area contributed by atoms with E-state index < -0.39 is 0 Å². The van der Waals surface area contributed by atoms with Gasteiger partial charge in [0, 0.05) is 13.1 Å². The molecule has 1 aromatic carbocycles. The van der Waals surface area contributed by atoms with Gasteiger partial charge >= 0.3 is 0 Å². The Kier molecular flexibility index (Phi) is 4.17. The van der Waals surface area contributed by atoms with Gasteiger partial charge in [-0.1, -0.05) is 12.1 Å². The Morgan fingerprint density at radius 2 is 1.95 bits per heavy atom. The first kappa shape index (κ1) is 14.2. The van der Waals surface area contributed by atoms with Gasteiger partial charge in [-0.3, -0.25) is 4.79 Å². The first-order valence-electron chi connectivity index (χ1n) is 6.68. The van der Waals surface area contributed by atoms with Gasteiger partial charge in [0.1, 0.15) is 11.5 Å². The van der Waals surface area contributed by atoms with Crippen molar-refractivity contribution in [3.05, 3.63) is 47.5 Å². The summed E-state index contributed by atoms with van der Waals surface area (Å²) in [5, 5.41) is 4.15. The van der Waals surface area contributed by atoms with Crippen LogP contribution in [0.4, 0.5) is 4.39 Å². The summed E-state index contributed by atoms with van der Waals surface area (Å²) in [6.07, 6.45) is 1.50. The summed E-state index contributed by atoms with van der Waals surface area (Å²) < 4.78 is 15.3. The van der Waals surface area contributed by atoms with Crippen LogP contribution >= 0.6 is 0 Å². The van der Waals surface area contributed by atoms with E-state index in [1.807, 2.05) is 13.8 Å². The number of carbonyl (C=O) groups excluding carboxylic acids is 1. The van der Waals surface area contributed by atoms with Gasteiger partial charge in [0.05, 0.1) is 17.5 Å². The molecule has 0 saturated heterocycles. The molecule has 0 aliphatic heterocycles. The topological polar surface area (TPSA) is 38.1 Å². The van der Waals surface area contributed by atoms with Crippen LogP contribution in [0.15, 0.2) is 30.5 Å². The first-order chi connectivity index (χ1) is 9.60. The lowest BCUT2D eigenvalue weighted by Gasteiger charge is -2.18. The Labute approximate surface area is 117 Å². The molecule has 0 spiro atoms. The standard InChI is InChI=1S/C15H18FN3O/c1-4-18(5-2)15(20)12-10-17-19(11(12)3)14-9-7-6-8-13(14)16/h6-10H,4-5H2,1-3H3. The Morgan fingerprint density at radius 1 is 1.30 bits per heavy atom. The molecule has 5 heteroatoms. The van der Waals surface area contributed by atoms with Crippen molar-refractivity contribution in [3.63, 3.8) is 0 Å². The number of halogens is 1. The molecule has 1 aromatic heterocycles. The third-order valence-electron chi connectivity index (χ3n) is 3.37. The van der Waals surface area contributed by atoms with E-state index in [0.29, 0.717) is 30.0 Å². The monoisotopic (exact) mass is 275 g/mol. The maximum atomic E-state index is 13.8. The average Bonchev–Trinajstić information content (AvgIpc) is 2.82. The smallest absolute Gasteiger partial charge is 0.257 e. The van der Waals surface area contributed by atoms with Crippen LogP contribution in [0.1, 0.15) is 29.9 Å². The zero-order chi connectivity index (χ0) is 14.7. The van der Waals surface area contributed by atoms with Gasteiger partial charge in [0.15, 0.2) is 0 Å². The molecule has 0 bridgehead atoms. The van der Waals surface area contributed by atoms with E-state index in [0.717, 1.165) is 0 Å². The number of hydrogen-bond donors (Lipinski definition) is 0. The van der Waals surface area contributed by atoms with E-state index in [-0.39, 0.29) is 11.7 Å². The Bertz CT molecular complexity index is 617. The van der Waals surface area contributed by atoms with Crippen molar-refractivity contribution in [1.82, 2.24) is 14.7 Å². The molecule has 2 aromatic rings. The van der Waals surface area contributed by atoms with Crippen LogP contribution in [0.25, 0.3) is 5.69 Å². The van der Waals surface area contributed by atoms with Crippen LogP contribution in [-0.2, 0) is 0 Å². The van der Waals surface area contributed by atoms with Gasteiger partial charge in [-0.2, -0.15) is 5.10 Å². The average molecular weight is 275 g/mol. The number of benzene rings is 1. The van der Waals surface area contributed by atoms with E-state index in [9.17, 15) is 9.18 Å². The highest BCUT2D eigenvalue weighted by molar-refractivity contribution is 5.95. The quantitative estimate of drug-likeness (QED) is 0.860. The van der Waals surface area contributed by atoms with Crippen molar-refractivity contribution in [2.75, 3.05) is 13.1 Å². The molecular weight excluding hydrogens is 257 g/mol. The van der Waals surface area contributed by atoms with Crippen molar-refractivity contribution >= 4 is 5.91 Å². The zero-order valence-electron chi connectivity index (χ0n) is 11.9. The summed E-state index contributed by atoms with van der Waals surface area (Å²) in [5.41, 5.74) is 1.51. The van der Waals surface area contributed by atoms with Crippen molar-refractivity contribution < 1.29 is 9.18 Å². The lowest BCUT2D eigenvalue weighted by molar-refractivity contribution is 0.0772. The normalized spacial score (nSPS) is 10.6. The van der Waals surface area contributed by atoms with Crippen molar-refractivity contribution in [2.24, 2.45) is 0 Å². The SMILES string of the molecule is CCN(CC)C(=O)c1cnn(-c2ccccc2F)c1C. The summed E-state index contributed by atoms with van der Waals surface area (Å²) in [7, 11) is 0. The molecule has 0 N–H and O–H groups in total. The number of nitrogens with zero attached hydrogens (tertiary/aromatic N) is 3. The fraction of sp³-hybridized carbons (Fsp3) is 0.333. The zero-order valence-corrected chi connectivity index (χ0v) is 11.9. The highest BCUT2D eigenvalue weighted by Crippen LogP contribution is 2.18. The maximum absolute atomic E-state index is 13.8. The van der Waals surface area contributed by atoms with E-state index >= 15 is 0 Å². The second-order valence-corrected chi connectivity index (χ2v) is 4.48. The lowest BCUT2D eigenvalue weighted by Crippen LogP contribution is -2.30. The summed E-state index contributed by atoms with van der Waals surface area (Å²) in [6, 6.07) is 6.38. The highest BCUT2D eigenvalue weighted by atomic mass is 19.1. The molecule has 1 amide bonds. The molecule has 0 fully saturated rings. The van der Waals surface area contributed by atoms with E-state index in [4.69, 9.17) is 0 Å². The van der Waals surface area contributed by atoms with Gasteiger partial charge in [-0.05, 0) is 32.9 Å². The lowest BCUT2D eigenvalue weighted by atomic mass is 10.2. The molecule has 0 radical (unpaired) electrons. The summed E-state index contributed by atoms with van der Waals surface area (Å²) in [5.74, 6) is -0.435. The fourth-order valence-corrected chi connectivity index (χ4v) is 2.17. The minimum absolute atomic E-state index is 0.0740. The van der Waals surface area contributed by atoms with Crippen LogP contribution in [0.3, 0.4) is 0 Å². The predicted molar refractivity (Wildman–Crippen MR) is 75.5 cm³/mol. The third kappa shape index (κ3) is 2.43. The van der Waals surface area contributed by atoms with Crippen molar-refractivity contribution in [2.45, 2.75) is 20.8 Å². The number of hydrogen-bond acceptors (Lipinski definition) is 2. The Balaban J connectivity index is 2.42. The van der Waals surface area contributed by atoms with Gasteiger partial charge < -0.3 is 4.90 Å². The van der Waals surface area contributed by atoms with Gasteiger partial charge in [0.2, 0.25) is 0 Å². The molecule has 0 aliphatic carbocycles. The number of rotatable bonds is 4. The van der Waals surface area contributed by atoms with Crippen LogP contribution in [0, 0.1) is 12.7 Å². The molecule has 0 aliphatic rings. The largest absolute Gasteiger partial charge is 0.339 e.